The van der Waals surface area contributed by atoms with Crippen molar-refractivity contribution in [1.82, 2.24) is 14.5 Å². The van der Waals surface area contributed by atoms with Gasteiger partial charge < -0.3 is 14.5 Å². The van der Waals surface area contributed by atoms with Gasteiger partial charge in [0.05, 0.1) is 5.56 Å². The Morgan fingerprint density at radius 1 is 0.974 bits per heavy atom. The van der Waals surface area contributed by atoms with Crippen molar-refractivity contribution in [1.29, 1.82) is 0 Å². The fourth-order valence-corrected chi connectivity index (χ4v) is 6.41. The number of aromatic nitrogens is 2. The molecule has 2 saturated carbocycles. The number of rotatable bonds is 7. The summed E-state index contributed by atoms with van der Waals surface area (Å²) in [6.07, 6.45) is 12.2. The van der Waals surface area contributed by atoms with E-state index >= 15 is 0 Å². The minimum atomic E-state index is -0.0162. The molecule has 0 bridgehead atoms. The van der Waals surface area contributed by atoms with Gasteiger partial charge in [-0.05, 0) is 99.6 Å². The number of benzene rings is 1. The first-order valence-electron chi connectivity index (χ1n) is 15.0. The minimum Gasteiger partial charge on any atom is -0.349 e. The lowest BCUT2D eigenvalue weighted by Gasteiger charge is -2.27. The third-order valence-corrected chi connectivity index (χ3v) is 8.95. The molecular formula is C34H47N3O. The second-order valence-electron chi connectivity index (χ2n) is 13.1. The third kappa shape index (κ3) is 5.37. The first-order chi connectivity index (χ1) is 18.1. The van der Waals surface area contributed by atoms with Gasteiger partial charge in [0.2, 0.25) is 0 Å². The summed E-state index contributed by atoms with van der Waals surface area (Å²) in [7, 11) is 0. The quantitative estimate of drug-likeness (QED) is 0.337. The highest BCUT2D eigenvalue weighted by Gasteiger charge is 2.27. The van der Waals surface area contributed by atoms with Crippen molar-refractivity contribution in [2.45, 2.75) is 117 Å². The summed E-state index contributed by atoms with van der Waals surface area (Å²) >= 11 is 0. The predicted molar refractivity (Wildman–Crippen MR) is 159 cm³/mol. The Morgan fingerprint density at radius 3 is 2.34 bits per heavy atom. The molecule has 2 aliphatic carbocycles. The average Bonchev–Trinajstić information content (AvgIpc) is 3.47. The number of nitrogens with zero attached hydrogens (tertiary/aromatic N) is 2. The summed E-state index contributed by atoms with van der Waals surface area (Å²) in [6.45, 7) is 14.6. The molecule has 0 atom stereocenters. The lowest BCUT2D eigenvalue weighted by molar-refractivity contribution is 0.0916. The van der Waals surface area contributed by atoms with E-state index in [1.807, 2.05) is 0 Å². The molecule has 4 nitrogen and oxygen atoms in total. The van der Waals surface area contributed by atoms with Crippen LogP contribution in [0.5, 0.6) is 0 Å². The van der Waals surface area contributed by atoms with E-state index in [4.69, 9.17) is 0 Å². The molecule has 1 N–H and O–H groups in total. The van der Waals surface area contributed by atoms with Crippen LogP contribution in [-0.2, 0) is 12.0 Å². The van der Waals surface area contributed by atoms with E-state index in [0.717, 1.165) is 30.6 Å². The Labute approximate surface area is 229 Å². The number of nitrogens with one attached hydrogen (secondary N) is 1. The second kappa shape index (κ2) is 10.8. The second-order valence-corrected chi connectivity index (χ2v) is 13.1. The summed E-state index contributed by atoms with van der Waals surface area (Å²) < 4.78 is 4.83. The highest BCUT2D eigenvalue weighted by Crippen LogP contribution is 2.39. The lowest BCUT2D eigenvalue weighted by Crippen LogP contribution is -2.39. The molecule has 3 aromatic rings. The van der Waals surface area contributed by atoms with Gasteiger partial charge in [0.1, 0.15) is 0 Å². The largest absolute Gasteiger partial charge is 0.349 e. The molecule has 2 aliphatic rings. The maximum Gasteiger partial charge on any atom is 0.253 e. The van der Waals surface area contributed by atoms with E-state index in [-0.39, 0.29) is 11.3 Å². The van der Waals surface area contributed by atoms with E-state index in [9.17, 15) is 4.79 Å². The van der Waals surface area contributed by atoms with Crippen molar-refractivity contribution in [2.75, 3.05) is 0 Å². The molecule has 2 heterocycles. The molecule has 204 valence electrons. The molecule has 2 aromatic heterocycles. The van der Waals surface area contributed by atoms with Crippen LogP contribution in [-0.4, -0.2) is 21.1 Å². The summed E-state index contributed by atoms with van der Waals surface area (Å²) in [4.78, 5) is 13.4. The smallest absolute Gasteiger partial charge is 0.253 e. The lowest BCUT2D eigenvalue weighted by atomic mass is 9.81. The van der Waals surface area contributed by atoms with Crippen LogP contribution in [0.2, 0.25) is 0 Å². The van der Waals surface area contributed by atoms with Crippen molar-refractivity contribution in [3.63, 3.8) is 0 Å². The van der Waals surface area contributed by atoms with Crippen LogP contribution in [0.25, 0.3) is 22.5 Å². The molecular weight excluding hydrogens is 466 g/mol. The molecule has 4 heteroatoms. The van der Waals surface area contributed by atoms with E-state index in [1.54, 1.807) is 0 Å². The van der Waals surface area contributed by atoms with Gasteiger partial charge in [0, 0.05) is 47.5 Å². The SMILES string of the molecule is Cc1c(C(=O)NC2CCC2)cc(-c2ccc(-c3cccn3C(C)C)c(C(C)(C)C)c2)n1CC1CCCCC1. The van der Waals surface area contributed by atoms with Gasteiger partial charge in [0.25, 0.3) is 5.91 Å². The van der Waals surface area contributed by atoms with E-state index in [0.29, 0.717) is 18.0 Å². The number of amides is 1. The maximum atomic E-state index is 13.4. The number of hydrogen-bond donors (Lipinski definition) is 1. The fraction of sp³-hybridized carbons (Fsp3) is 0.559. The van der Waals surface area contributed by atoms with Crippen LogP contribution in [0.4, 0.5) is 0 Å². The minimum absolute atomic E-state index is 0.0162. The molecule has 5 rings (SSSR count). The van der Waals surface area contributed by atoms with Gasteiger partial charge in [-0.1, -0.05) is 52.2 Å². The Balaban J connectivity index is 1.59. The van der Waals surface area contributed by atoms with Crippen LogP contribution in [0.3, 0.4) is 0 Å². The third-order valence-electron chi connectivity index (χ3n) is 8.95. The number of carbonyl (C=O) groups is 1. The zero-order valence-corrected chi connectivity index (χ0v) is 24.4. The molecule has 0 radical (unpaired) electrons. The standard InChI is InChI=1S/C34H47N3O/c1-23(2)36-19-11-16-31(36)28-18-17-26(20-30(28)34(4,5)6)32-21-29(33(38)35-27-14-10-15-27)24(3)37(32)22-25-12-8-7-9-13-25/h11,16-21,23,25,27H,7-10,12-15,22H2,1-6H3,(H,35,38). The van der Waals surface area contributed by atoms with Crippen molar-refractivity contribution in [3.8, 4) is 22.5 Å². The summed E-state index contributed by atoms with van der Waals surface area (Å²) in [5.41, 5.74) is 8.24. The normalized spacial score (nSPS) is 17.1. The van der Waals surface area contributed by atoms with Crippen LogP contribution in [0.15, 0.2) is 42.6 Å². The topological polar surface area (TPSA) is 39.0 Å². The number of carbonyl (C=O) groups excluding carboxylic acids is 1. The molecule has 0 spiro atoms. The Hall–Kier alpha value is -2.75. The van der Waals surface area contributed by atoms with Gasteiger partial charge in [-0.25, -0.2) is 0 Å². The molecule has 2 fully saturated rings. The van der Waals surface area contributed by atoms with E-state index in [1.165, 1.54) is 66.6 Å². The summed E-state index contributed by atoms with van der Waals surface area (Å²) in [6, 6.07) is 14.3. The number of hydrogen-bond acceptors (Lipinski definition) is 1. The van der Waals surface area contributed by atoms with Gasteiger partial charge in [-0.15, -0.1) is 0 Å². The molecule has 0 saturated heterocycles. The van der Waals surface area contributed by atoms with Crippen LogP contribution < -0.4 is 5.32 Å². The summed E-state index contributed by atoms with van der Waals surface area (Å²) in [5, 5.41) is 3.29. The van der Waals surface area contributed by atoms with Gasteiger partial charge >= 0.3 is 0 Å². The van der Waals surface area contributed by atoms with Crippen molar-refractivity contribution in [3.05, 3.63) is 59.4 Å². The van der Waals surface area contributed by atoms with E-state index < -0.39 is 0 Å². The zero-order chi connectivity index (χ0) is 27.0. The maximum absolute atomic E-state index is 13.4. The fourth-order valence-electron chi connectivity index (χ4n) is 6.41. The van der Waals surface area contributed by atoms with E-state index in [2.05, 4.69) is 98.6 Å². The van der Waals surface area contributed by atoms with Crippen molar-refractivity contribution < 1.29 is 4.79 Å². The Morgan fingerprint density at radius 2 is 1.71 bits per heavy atom. The monoisotopic (exact) mass is 513 g/mol. The molecule has 1 amide bonds. The van der Waals surface area contributed by atoms with Crippen molar-refractivity contribution in [2.24, 2.45) is 5.92 Å². The highest BCUT2D eigenvalue weighted by molar-refractivity contribution is 5.97. The molecule has 38 heavy (non-hydrogen) atoms. The molecule has 0 aliphatic heterocycles. The van der Waals surface area contributed by atoms with Crippen LogP contribution >= 0.6 is 0 Å². The predicted octanol–water partition coefficient (Wildman–Crippen LogP) is 8.67. The zero-order valence-electron chi connectivity index (χ0n) is 24.4. The Bertz CT molecular complexity index is 1280. The van der Waals surface area contributed by atoms with Gasteiger partial charge in [-0.2, -0.15) is 0 Å². The summed E-state index contributed by atoms with van der Waals surface area (Å²) in [5.74, 6) is 0.782. The van der Waals surface area contributed by atoms with Crippen LogP contribution in [0, 0.1) is 12.8 Å². The van der Waals surface area contributed by atoms with Crippen LogP contribution in [0.1, 0.15) is 114 Å². The molecule has 1 aromatic carbocycles. The van der Waals surface area contributed by atoms with Crippen molar-refractivity contribution >= 4 is 5.91 Å². The van der Waals surface area contributed by atoms with Gasteiger partial charge in [0.15, 0.2) is 0 Å². The molecule has 0 unspecified atom stereocenters. The average molecular weight is 514 g/mol. The highest BCUT2D eigenvalue weighted by atomic mass is 16.1. The first kappa shape index (κ1) is 26.8. The first-order valence-corrected chi connectivity index (χ1v) is 15.0. The van der Waals surface area contributed by atoms with Gasteiger partial charge in [-0.3, -0.25) is 4.79 Å². The Kier molecular flexibility index (Phi) is 7.62.